The lowest BCUT2D eigenvalue weighted by molar-refractivity contribution is -0.142. The Balaban J connectivity index is 3.22. The van der Waals surface area contributed by atoms with Crippen LogP contribution in [0.3, 0.4) is 0 Å². The molecular formula is C11H23F3N2O. The largest absolute Gasteiger partial charge is 0.401 e. The summed E-state index contributed by atoms with van der Waals surface area (Å²) in [4.78, 5) is 1.27. The van der Waals surface area contributed by atoms with Gasteiger partial charge in [0.25, 0.3) is 0 Å². The number of nitrogens with one attached hydrogen (secondary N) is 1. The van der Waals surface area contributed by atoms with Crippen LogP contribution in [0.15, 0.2) is 0 Å². The van der Waals surface area contributed by atoms with Crippen LogP contribution in [0.25, 0.3) is 0 Å². The summed E-state index contributed by atoms with van der Waals surface area (Å²) in [7, 11) is 1.48. The first kappa shape index (κ1) is 16.7. The summed E-state index contributed by atoms with van der Waals surface area (Å²) in [5, 5.41) is 3.11. The van der Waals surface area contributed by atoms with Crippen LogP contribution in [-0.4, -0.2) is 57.5 Å². The van der Waals surface area contributed by atoms with Gasteiger partial charge in [-0.25, -0.2) is 0 Å². The Morgan fingerprint density at radius 1 is 1.18 bits per heavy atom. The molecule has 1 N–H and O–H groups in total. The van der Waals surface area contributed by atoms with E-state index >= 15 is 0 Å². The van der Waals surface area contributed by atoms with Crippen molar-refractivity contribution >= 4 is 0 Å². The van der Waals surface area contributed by atoms with E-state index < -0.39 is 12.7 Å². The first-order chi connectivity index (χ1) is 7.95. The maximum absolute atomic E-state index is 12.0. The molecule has 3 nitrogen and oxygen atoms in total. The monoisotopic (exact) mass is 256 g/mol. The van der Waals surface area contributed by atoms with Crippen LogP contribution >= 0.6 is 0 Å². The molecule has 0 aromatic carbocycles. The van der Waals surface area contributed by atoms with Gasteiger partial charge in [0.2, 0.25) is 0 Å². The van der Waals surface area contributed by atoms with Crippen LogP contribution in [0.5, 0.6) is 0 Å². The predicted octanol–water partition coefficient (Wildman–Crippen LogP) is 1.89. The first-order valence-corrected chi connectivity index (χ1v) is 5.99. The number of rotatable bonds is 10. The van der Waals surface area contributed by atoms with E-state index in [-0.39, 0.29) is 0 Å². The van der Waals surface area contributed by atoms with E-state index in [1.807, 2.05) is 6.92 Å². The molecule has 0 aromatic heterocycles. The van der Waals surface area contributed by atoms with Crippen molar-refractivity contribution in [2.24, 2.45) is 0 Å². The lowest BCUT2D eigenvalue weighted by Gasteiger charge is -2.18. The third kappa shape index (κ3) is 13.6. The minimum absolute atomic E-state index is 0.408. The van der Waals surface area contributed by atoms with Crippen LogP contribution in [0.1, 0.15) is 19.8 Å². The van der Waals surface area contributed by atoms with Gasteiger partial charge in [-0.3, -0.25) is 4.90 Å². The molecule has 104 valence electrons. The van der Waals surface area contributed by atoms with Crippen LogP contribution in [0.4, 0.5) is 13.2 Å². The molecule has 17 heavy (non-hydrogen) atoms. The van der Waals surface area contributed by atoms with E-state index in [1.165, 1.54) is 11.9 Å². The van der Waals surface area contributed by atoms with Crippen molar-refractivity contribution in [3.05, 3.63) is 0 Å². The Morgan fingerprint density at radius 2 is 1.88 bits per heavy atom. The number of hydrogen-bond donors (Lipinski definition) is 1. The van der Waals surface area contributed by atoms with Gasteiger partial charge in [0.1, 0.15) is 0 Å². The summed E-state index contributed by atoms with van der Waals surface area (Å²) in [6, 6.07) is 0. The molecule has 0 bridgehead atoms. The Kier molecular flexibility index (Phi) is 9.49. The zero-order valence-corrected chi connectivity index (χ0v) is 10.6. The Morgan fingerprint density at radius 3 is 2.47 bits per heavy atom. The number of halogens is 3. The molecule has 0 heterocycles. The van der Waals surface area contributed by atoms with Gasteiger partial charge in [0, 0.05) is 26.3 Å². The van der Waals surface area contributed by atoms with Gasteiger partial charge in [0.05, 0.1) is 6.54 Å². The molecule has 0 aliphatic heterocycles. The Hall–Kier alpha value is -0.330. The highest BCUT2D eigenvalue weighted by Gasteiger charge is 2.28. The van der Waals surface area contributed by atoms with E-state index in [2.05, 4.69) is 5.32 Å². The molecule has 0 saturated heterocycles. The Bertz CT molecular complexity index is 177. The summed E-state index contributed by atoms with van der Waals surface area (Å²) in [6.45, 7) is 4.41. The average molecular weight is 256 g/mol. The topological polar surface area (TPSA) is 24.5 Å². The van der Waals surface area contributed by atoms with Crippen molar-refractivity contribution in [1.29, 1.82) is 0 Å². The number of unbranched alkanes of at least 4 members (excludes halogenated alkanes) is 1. The molecule has 6 heteroatoms. The lowest BCUT2D eigenvalue weighted by Crippen LogP contribution is -2.36. The highest BCUT2D eigenvalue weighted by molar-refractivity contribution is 4.60. The summed E-state index contributed by atoms with van der Waals surface area (Å²) in [5.41, 5.74) is 0. The number of ether oxygens (including phenoxy) is 1. The smallest absolute Gasteiger partial charge is 0.382 e. The fourth-order valence-corrected chi connectivity index (χ4v) is 1.38. The third-order valence-electron chi connectivity index (χ3n) is 2.22. The summed E-state index contributed by atoms with van der Waals surface area (Å²) in [5.74, 6) is 0. The second-order valence-electron chi connectivity index (χ2n) is 4.01. The summed E-state index contributed by atoms with van der Waals surface area (Å²) >= 11 is 0. The van der Waals surface area contributed by atoms with E-state index in [9.17, 15) is 13.2 Å². The van der Waals surface area contributed by atoms with Gasteiger partial charge in [-0.2, -0.15) is 13.2 Å². The van der Waals surface area contributed by atoms with Crippen LogP contribution in [-0.2, 0) is 4.74 Å². The molecule has 0 aromatic rings. The molecule has 0 amide bonds. The summed E-state index contributed by atoms with van der Waals surface area (Å²) < 4.78 is 41.1. The molecule has 0 spiro atoms. The minimum Gasteiger partial charge on any atom is -0.382 e. The van der Waals surface area contributed by atoms with Crippen LogP contribution in [0.2, 0.25) is 0 Å². The van der Waals surface area contributed by atoms with Crippen LogP contribution in [0, 0.1) is 0 Å². The SMILES string of the molecule is CCOCCCCNCCN(C)CC(F)(F)F. The van der Waals surface area contributed by atoms with Crippen molar-refractivity contribution in [2.45, 2.75) is 25.9 Å². The van der Waals surface area contributed by atoms with Gasteiger partial charge in [-0.15, -0.1) is 0 Å². The third-order valence-corrected chi connectivity index (χ3v) is 2.22. The number of likely N-dealkylation sites (N-methyl/N-ethyl adjacent to an activating group) is 1. The quantitative estimate of drug-likeness (QED) is 0.604. The zero-order valence-electron chi connectivity index (χ0n) is 10.6. The fraction of sp³-hybridized carbons (Fsp3) is 1.00. The molecule has 0 aliphatic carbocycles. The number of alkyl halides is 3. The first-order valence-electron chi connectivity index (χ1n) is 5.99. The van der Waals surface area contributed by atoms with Gasteiger partial charge in [-0.05, 0) is 33.4 Å². The highest BCUT2D eigenvalue weighted by Crippen LogP contribution is 2.14. The van der Waals surface area contributed by atoms with E-state index in [0.717, 1.165) is 32.6 Å². The van der Waals surface area contributed by atoms with Gasteiger partial charge in [0.15, 0.2) is 0 Å². The van der Waals surface area contributed by atoms with Gasteiger partial charge < -0.3 is 10.1 Å². The maximum Gasteiger partial charge on any atom is 0.401 e. The normalized spacial score (nSPS) is 12.4. The zero-order chi connectivity index (χ0) is 13.1. The standard InChI is InChI=1S/C11H23F3N2O/c1-3-17-9-5-4-6-15-7-8-16(2)10-11(12,13)14/h15H,3-10H2,1-2H3. The molecular weight excluding hydrogens is 233 g/mol. The second-order valence-corrected chi connectivity index (χ2v) is 4.01. The molecule has 0 rings (SSSR count). The molecule has 0 fully saturated rings. The van der Waals surface area contributed by atoms with E-state index in [4.69, 9.17) is 4.74 Å². The minimum atomic E-state index is -4.10. The maximum atomic E-state index is 12.0. The molecule has 0 atom stereocenters. The van der Waals surface area contributed by atoms with E-state index in [0.29, 0.717) is 13.1 Å². The van der Waals surface area contributed by atoms with Crippen molar-refractivity contribution in [1.82, 2.24) is 10.2 Å². The molecule has 0 aliphatic rings. The van der Waals surface area contributed by atoms with Crippen molar-refractivity contribution in [3.63, 3.8) is 0 Å². The fourth-order valence-electron chi connectivity index (χ4n) is 1.38. The lowest BCUT2D eigenvalue weighted by atomic mass is 10.3. The van der Waals surface area contributed by atoms with Crippen molar-refractivity contribution in [3.8, 4) is 0 Å². The second kappa shape index (κ2) is 9.67. The molecule has 0 saturated carbocycles. The van der Waals surface area contributed by atoms with Gasteiger partial charge in [-0.1, -0.05) is 0 Å². The van der Waals surface area contributed by atoms with Crippen LogP contribution < -0.4 is 5.32 Å². The number of nitrogens with zero attached hydrogens (tertiary/aromatic N) is 1. The Labute approximate surface area is 101 Å². The van der Waals surface area contributed by atoms with Gasteiger partial charge >= 0.3 is 6.18 Å². The highest BCUT2D eigenvalue weighted by atomic mass is 19.4. The molecule has 0 unspecified atom stereocenters. The molecule has 0 radical (unpaired) electrons. The van der Waals surface area contributed by atoms with E-state index in [1.54, 1.807) is 0 Å². The average Bonchev–Trinajstić information content (AvgIpc) is 2.19. The summed E-state index contributed by atoms with van der Waals surface area (Å²) in [6.07, 6.45) is -2.13. The van der Waals surface area contributed by atoms with Crippen molar-refractivity contribution < 1.29 is 17.9 Å². The number of hydrogen-bond acceptors (Lipinski definition) is 3. The van der Waals surface area contributed by atoms with Crippen molar-refractivity contribution in [2.75, 3.05) is 46.4 Å². The predicted molar refractivity (Wildman–Crippen MR) is 62.1 cm³/mol.